The maximum absolute atomic E-state index is 5.90. The molecule has 0 aliphatic heterocycles. The fourth-order valence-electron chi connectivity index (χ4n) is 0.898. The van der Waals surface area contributed by atoms with Gasteiger partial charge in [0, 0.05) is 11.6 Å². The van der Waals surface area contributed by atoms with Gasteiger partial charge < -0.3 is 0 Å². The molecule has 2 aromatic rings. The second-order valence-corrected chi connectivity index (χ2v) is 4.13. The molecule has 0 saturated heterocycles. The highest BCUT2D eigenvalue weighted by molar-refractivity contribution is 9.10. The summed E-state index contributed by atoms with van der Waals surface area (Å²) in [7, 11) is 0. The molecule has 0 saturated carbocycles. The van der Waals surface area contributed by atoms with Gasteiger partial charge in [-0.05, 0) is 27.4 Å². The number of hydrogen-bond donors (Lipinski definition) is 0. The molecule has 0 bridgehead atoms. The summed E-state index contributed by atoms with van der Waals surface area (Å²) in [5.74, 6) is 0. The number of fused-ring (bicyclic) bond motifs is 1. The van der Waals surface area contributed by atoms with Gasteiger partial charge in [-0.1, -0.05) is 11.6 Å². The van der Waals surface area contributed by atoms with E-state index in [0.29, 0.717) is 0 Å². The van der Waals surface area contributed by atoms with Crippen LogP contribution in [0.25, 0.3) is 10.1 Å². The summed E-state index contributed by atoms with van der Waals surface area (Å²) >= 11 is 10.9. The van der Waals surface area contributed by atoms with E-state index in [9.17, 15) is 0 Å². The average Bonchev–Trinajstić information content (AvgIpc) is 2.45. The van der Waals surface area contributed by atoms with Crippen LogP contribution in [0, 0.1) is 0 Å². The molecule has 0 aliphatic rings. The van der Waals surface area contributed by atoms with Crippen molar-refractivity contribution < 1.29 is 0 Å². The minimum Gasteiger partial charge on any atom is -0.247 e. The molecule has 0 N–H and O–H groups in total. The van der Waals surface area contributed by atoms with Crippen LogP contribution in [-0.2, 0) is 0 Å². The Balaban J connectivity index is 2.96. The van der Waals surface area contributed by atoms with E-state index in [1.165, 1.54) is 0 Å². The lowest BCUT2D eigenvalue weighted by atomic mass is 10.3. The summed E-state index contributed by atoms with van der Waals surface area (Å²) in [6.45, 7) is 0. The molecule has 4 heteroatoms. The van der Waals surface area contributed by atoms with Gasteiger partial charge >= 0.3 is 0 Å². The molecule has 0 spiro atoms. The number of nitrogens with zero attached hydrogens (tertiary/aromatic N) is 1. The van der Waals surface area contributed by atoms with E-state index in [0.717, 1.165) is 19.7 Å². The lowest BCUT2D eigenvalue weighted by molar-refractivity contribution is 1.32. The quantitative estimate of drug-likeness (QED) is 0.648. The largest absolute Gasteiger partial charge is 0.247 e. The molecule has 0 aliphatic carbocycles. The lowest BCUT2D eigenvalue weighted by Crippen LogP contribution is -1.74. The molecule has 2 aromatic heterocycles. The monoisotopic (exact) mass is 247 g/mol. The maximum atomic E-state index is 5.90. The Hall–Kier alpha value is -0.120. The topological polar surface area (TPSA) is 12.9 Å². The van der Waals surface area contributed by atoms with E-state index in [-0.39, 0.29) is 0 Å². The first-order valence-electron chi connectivity index (χ1n) is 2.96. The Morgan fingerprint density at radius 1 is 1.55 bits per heavy atom. The standard InChI is InChI=1S/C7H3BrClNS/c8-7-4-1-2-11-6(4)5(9)3-10-7/h1-3H. The van der Waals surface area contributed by atoms with E-state index < -0.39 is 0 Å². The first kappa shape index (κ1) is 7.53. The SMILES string of the molecule is Clc1cnc(Br)c2ccsc12. The third-order valence-electron chi connectivity index (χ3n) is 1.40. The first-order valence-corrected chi connectivity index (χ1v) is 5.01. The second kappa shape index (κ2) is 2.73. The van der Waals surface area contributed by atoms with Crippen molar-refractivity contribution in [1.82, 2.24) is 4.98 Å². The zero-order valence-corrected chi connectivity index (χ0v) is 8.50. The van der Waals surface area contributed by atoms with Crippen LogP contribution in [0.2, 0.25) is 5.02 Å². The van der Waals surface area contributed by atoms with Crippen LogP contribution < -0.4 is 0 Å². The van der Waals surface area contributed by atoms with E-state index in [4.69, 9.17) is 11.6 Å². The highest BCUT2D eigenvalue weighted by Gasteiger charge is 2.03. The van der Waals surface area contributed by atoms with Gasteiger partial charge in [-0.3, -0.25) is 0 Å². The van der Waals surface area contributed by atoms with Crippen molar-refractivity contribution in [3.05, 3.63) is 27.3 Å². The van der Waals surface area contributed by atoms with Crippen LogP contribution in [0.3, 0.4) is 0 Å². The van der Waals surface area contributed by atoms with Crippen molar-refractivity contribution >= 4 is 49.0 Å². The minimum atomic E-state index is 0.721. The first-order chi connectivity index (χ1) is 5.29. The Morgan fingerprint density at radius 2 is 2.36 bits per heavy atom. The Morgan fingerprint density at radius 3 is 3.09 bits per heavy atom. The predicted octanol–water partition coefficient (Wildman–Crippen LogP) is 3.71. The van der Waals surface area contributed by atoms with Crippen LogP contribution in [0.5, 0.6) is 0 Å². The molecular weight excluding hydrogens is 246 g/mol. The van der Waals surface area contributed by atoms with Crippen molar-refractivity contribution in [1.29, 1.82) is 0 Å². The zero-order valence-electron chi connectivity index (χ0n) is 5.34. The molecule has 0 atom stereocenters. The van der Waals surface area contributed by atoms with Gasteiger partial charge in [0.05, 0.1) is 9.72 Å². The fourth-order valence-corrected chi connectivity index (χ4v) is 2.54. The molecule has 2 rings (SSSR count). The molecule has 0 unspecified atom stereocenters. The summed E-state index contributed by atoms with van der Waals surface area (Å²) in [4.78, 5) is 4.07. The van der Waals surface area contributed by atoms with E-state index in [1.54, 1.807) is 17.5 Å². The van der Waals surface area contributed by atoms with Crippen LogP contribution in [-0.4, -0.2) is 4.98 Å². The number of pyridine rings is 1. The lowest BCUT2D eigenvalue weighted by Gasteiger charge is -1.93. The van der Waals surface area contributed by atoms with Gasteiger partial charge in [0.15, 0.2) is 0 Å². The Labute approximate surface area is 81.1 Å². The molecule has 0 aromatic carbocycles. The van der Waals surface area contributed by atoms with E-state index in [2.05, 4.69) is 20.9 Å². The van der Waals surface area contributed by atoms with Crippen LogP contribution >= 0.6 is 38.9 Å². The van der Waals surface area contributed by atoms with Gasteiger partial charge in [-0.2, -0.15) is 0 Å². The molecule has 0 radical (unpaired) electrons. The molecule has 2 heterocycles. The van der Waals surface area contributed by atoms with Gasteiger partial charge in [0.2, 0.25) is 0 Å². The summed E-state index contributed by atoms with van der Waals surface area (Å²) < 4.78 is 1.95. The third kappa shape index (κ3) is 1.17. The number of halogens is 2. The smallest absolute Gasteiger partial charge is 0.114 e. The maximum Gasteiger partial charge on any atom is 0.114 e. The summed E-state index contributed by atoms with van der Waals surface area (Å²) in [6, 6.07) is 2.00. The van der Waals surface area contributed by atoms with Gasteiger partial charge in [-0.15, -0.1) is 11.3 Å². The number of hydrogen-bond acceptors (Lipinski definition) is 2. The summed E-state index contributed by atoms with van der Waals surface area (Å²) in [6.07, 6.45) is 1.66. The van der Waals surface area contributed by atoms with Crippen molar-refractivity contribution in [2.45, 2.75) is 0 Å². The average molecular weight is 249 g/mol. The number of thiophene rings is 1. The van der Waals surface area contributed by atoms with Crippen LogP contribution in [0.4, 0.5) is 0 Å². The van der Waals surface area contributed by atoms with Gasteiger partial charge in [0.1, 0.15) is 4.60 Å². The molecule has 1 nitrogen and oxygen atoms in total. The Bertz CT molecular complexity index is 362. The van der Waals surface area contributed by atoms with Gasteiger partial charge in [-0.25, -0.2) is 4.98 Å². The molecule has 0 amide bonds. The normalized spacial score (nSPS) is 10.7. The summed E-state index contributed by atoms with van der Waals surface area (Å²) in [5.41, 5.74) is 0. The van der Waals surface area contributed by atoms with Gasteiger partial charge in [0.25, 0.3) is 0 Å². The van der Waals surface area contributed by atoms with Crippen LogP contribution in [0.1, 0.15) is 0 Å². The zero-order chi connectivity index (χ0) is 7.84. The van der Waals surface area contributed by atoms with E-state index >= 15 is 0 Å². The molecule has 56 valence electrons. The fraction of sp³-hybridized carbons (Fsp3) is 0. The van der Waals surface area contributed by atoms with Crippen molar-refractivity contribution in [3.63, 3.8) is 0 Å². The number of aromatic nitrogens is 1. The second-order valence-electron chi connectivity index (χ2n) is 2.06. The third-order valence-corrected chi connectivity index (χ3v) is 3.37. The van der Waals surface area contributed by atoms with Crippen molar-refractivity contribution in [2.24, 2.45) is 0 Å². The van der Waals surface area contributed by atoms with E-state index in [1.807, 2.05) is 11.4 Å². The predicted molar refractivity (Wildman–Crippen MR) is 52.3 cm³/mol. The molecular formula is C7H3BrClNS. The molecule has 11 heavy (non-hydrogen) atoms. The minimum absolute atomic E-state index is 0.721. The highest BCUT2D eigenvalue weighted by Crippen LogP contribution is 2.31. The Kier molecular flexibility index (Phi) is 1.87. The van der Waals surface area contributed by atoms with Crippen molar-refractivity contribution in [2.75, 3.05) is 0 Å². The number of rotatable bonds is 0. The summed E-state index contributed by atoms with van der Waals surface area (Å²) in [5, 5.41) is 3.81. The van der Waals surface area contributed by atoms with Crippen molar-refractivity contribution in [3.8, 4) is 0 Å². The van der Waals surface area contributed by atoms with Crippen LogP contribution in [0.15, 0.2) is 22.2 Å². The molecule has 0 fully saturated rings. The highest BCUT2D eigenvalue weighted by atomic mass is 79.9.